The molecule has 2 fully saturated rings. The summed E-state index contributed by atoms with van der Waals surface area (Å²) in [7, 11) is 0. The van der Waals surface area contributed by atoms with Crippen LogP contribution in [0.4, 0.5) is 0 Å². The van der Waals surface area contributed by atoms with Gasteiger partial charge in [0, 0.05) is 29.6 Å². The van der Waals surface area contributed by atoms with Gasteiger partial charge in [-0.05, 0) is 23.8 Å². The third-order valence-electron chi connectivity index (χ3n) is 3.49. The summed E-state index contributed by atoms with van der Waals surface area (Å²) in [4.78, 5) is 2.29. The van der Waals surface area contributed by atoms with Gasteiger partial charge in [0.15, 0.2) is 5.79 Å². The van der Waals surface area contributed by atoms with Gasteiger partial charge in [0.2, 0.25) is 0 Å². The molecule has 0 saturated carbocycles. The van der Waals surface area contributed by atoms with E-state index in [1.54, 1.807) is 0 Å². The Balaban J connectivity index is 1.69. The van der Waals surface area contributed by atoms with E-state index in [1.807, 2.05) is 18.2 Å². The molecule has 0 unspecified atom stereocenters. The standard InChI is InChI=1S/C13H15Cl2NO2/c14-11-1-2-12(15)10(7-11)8-16-4-3-13(9-16)17-5-6-18-13/h1-2,7H,3-6,8-9H2. The first kappa shape index (κ1) is 12.7. The normalized spacial score (nSPS) is 23.0. The zero-order valence-electron chi connectivity index (χ0n) is 9.99. The number of ether oxygens (including phenoxy) is 2. The number of nitrogens with zero attached hydrogens (tertiary/aromatic N) is 1. The third-order valence-corrected chi connectivity index (χ3v) is 4.09. The monoisotopic (exact) mass is 287 g/mol. The van der Waals surface area contributed by atoms with Gasteiger partial charge in [-0.15, -0.1) is 0 Å². The molecule has 0 aromatic heterocycles. The highest BCUT2D eigenvalue weighted by atomic mass is 35.5. The number of rotatable bonds is 2. The average molecular weight is 288 g/mol. The summed E-state index contributed by atoms with van der Waals surface area (Å²) < 4.78 is 11.4. The molecule has 98 valence electrons. The van der Waals surface area contributed by atoms with Gasteiger partial charge < -0.3 is 9.47 Å². The first-order valence-electron chi connectivity index (χ1n) is 6.11. The molecule has 0 N–H and O–H groups in total. The van der Waals surface area contributed by atoms with E-state index in [-0.39, 0.29) is 5.79 Å². The number of hydrogen-bond donors (Lipinski definition) is 0. The van der Waals surface area contributed by atoms with E-state index >= 15 is 0 Å². The highest BCUT2D eigenvalue weighted by Gasteiger charge is 2.43. The maximum atomic E-state index is 6.18. The third kappa shape index (κ3) is 2.51. The van der Waals surface area contributed by atoms with Gasteiger partial charge in [-0.25, -0.2) is 0 Å². The fourth-order valence-corrected chi connectivity index (χ4v) is 2.97. The molecule has 0 radical (unpaired) electrons. The van der Waals surface area contributed by atoms with Gasteiger partial charge >= 0.3 is 0 Å². The van der Waals surface area contributed by atoms with Crippen molar-refractivity contribution in [1.82, 2.24) is 4.90 Å². The zero-order valence-corrected chi connectivity index (χ0v) is 11.5. The van der Waals surface area contributed by atoms with Gasteiger partial charge in [0.25, 0.3) is 0 Å². The quantitative estimate of drug-likeness (QED) is 0.835. The molecule has 5 heteroatoms. The van der Waals surface area contributed by atoms with Crippen molar-refractivity contribution in [1.29, 1.82) is 0 Å². The van der Waals surface area contributed by atoms with Gasteiger partial charge in [-0.1, -0.05) is 23.2 Å². The summed E-state index contributed by atoms with van der Waals surface area (Å²) >= 11 is 12.2. The van der Waals surface area contributed by atoms with Crippen molar-refractivity contribution in [2.24, 2.45) is 0 Å². The molecule has 18 heavy (non-hydrogen) atoms. The van der Waals surface area contributed by atoms with E-state index in [2.05, 4.69) is 4.90 Å². The molecule has 0 aliphatic carbocycles. The molecular weight excluding hydrogens is 273 g/mol. The Kier molecular flexibility index (Phi) is 3.52. The number of benzene rings is 1. The predicted octanol–water partition coefficient (Wildman–Crippen LogP) is 2.94. The highest BCUT2D eigenvalue weighted by molar-refractivity contribution is 6.33. The molecule has 0 atom stereocenters. The van der Waals surface area contributed by atoms with Crippen LogP contribution in [0.5, 0.6) is 0 Å². The summed E-state index contributed by atoms with van der Waals surface area (Å²) in [5.41, 5.74) is 1.05. The zero-order chi connectivity index (χ0) is 12.6. The van der Waals surface area contributed by atoms with E-state index in [9.17, 15) is 0 Å². The van der Waals surface area contributed by atoms with Gasteiger partial charge in [0.05, 0.1) is 19.8 Å². The van der Waals surface area contributed by atoms with Crippen LogP contribution in [-0.4, -0.2) is 37.0 Å². The Morgan fingerprint density at radius 1 is 1.22 bits per heavy atom. The first-order valence-corrected chi connectivity index (χ1v) is 6.87. The van der Waals surface area contributed by atoms with E-state index in [1.165, 1.54) is 0 Å². The second kappa shape index (κ2) is 4.99. The molecule has 2 saturated heterocycles. The Labute approximate surface area is 117 Å². The summed E-state index contributed by atoms with van der Waals surface area (Å²) in [6, 6.07) is 5.57. The second-order valence-corrected chi connectivity index (χ2v) is 5.65. The smallest absolute Gasteiger partial charge is 0.182 e. The Morgan fingerprint density at radius 2 is 2.00 bits per heavy atom. The van der Waals surface area contributed by atoms with Crippen molar-refractivity contribution >= 4 is 23.2 Å². The molecule has 3 nitrogen and oxygen atoms in total. The SMILES string of the molecule is Clc1ccc(Cl)c(CN2CCC3(C2)OCCO3)c1. The summed E-state index contributed by atoms with van der Waals surface area (Å²) in [6.45, 7) is 3.95. The number of likely N-dealkylation sites (tertiary alicyclic amines) is 1. The van der Waals surface area contributed by atoms with E-state index in [0.717, 1.165) is 41.7 Å². The summed E-state index contributed by atoms with van der Waals surface area (Å²) in [5.74, 6) is -0.370. The largest absolute Gasteiger partial charge is 0.346 e. The van der Waals surface area contributed by atoms with Crippen molar-refractivity contribution in [2.75, 3.05) is 26.3 Å². The fourth-order valence-electron chi connectivity index (χ4n) is 2.60. The molecule has 0 amide bonds. The molecule has 2 aliphatic rings. The van der Waals surface area contributed by atoms with Crippen LogP contribution >= 0.6 is 23.2 Å². The van der Waals surface area contributed by atoms with Crippen LogP contribution in [0.1, 0.15) is 12.0 Å². The Hall–Kier alpha value is -0.320. The molecule has 1 aromatic rings. The minimum absolute atomic E-state index is 0.370. The maximum Gasteiger partial charge on any atom is 0.182 e. The number of halogens is 2. The highest BCUT2D eigenvalue weighted by Crippen LogP contribution is 2.32. The van der Waals surface area contributed by atoms with E-state index < -0.39 is 0 Å². The Bertz CT molecular complexity index is 447. The topological polar surface area (TPSA) is 21.7 Å². The number of hydrogen-bond acceptors (Lipinski definition) is 3. The van der Waals surface area contributed by atoms with Crippen LogP contribution in [0, 0.1) is 0 Å². The van der Waals surface area contributed by atoms with E-state index in [4.69, 9.17) is 32.7 Å². The molecule has 2 heterocycles. The average Bonchev–Trinajstić information content (AvgIpc) is 2.95. The van der Waals surface area contributed by atoms with Crippen molar-refractivity contribution < 1.29 is 9.47 Å². The first-order chi connectivity index (χ1) is 8.67. The molecular formula is C13H15Cl2NO2. The van der Waals surface area contributed by atoms with Crippen LogP contribution < -0.4 is 0 Å². The minimum atomic E-state index is -0.370. The molecule has 0 bridgehead atoms. The lowest BCUT2D eigenvalue weighted by Crippen LogP contribution is -2.34. The van der Waals surface area contributed by atoms with Crippen LogP contribution in [-0.2, 0) is 16.0 Å². The Morgan fingerprint density at radius 3 is 2.78 bits per heavy atom. The van der Waals surface area contributed by atoms with Crippen molar-refractivity contribution in [3.8, 4) is 0 Å². The molecule has 1 aromatic carbocycles. The van der Waals surface area contributed by atoms with Crippen LogP contribution in [0.2, 0.25) is 10.0 Å². The maximum absolute atomic E-state index is 6.18. The fraction of sp³-hybridized carbons (Fsp3) is 0.538. The summed E-state index contributed by atoms with van der Waals surface area (Å²) in [6.07, 6.45) is 0.922. The predicted molar refractivity (Wildman–Crippen MR) is 71.0 cm³/mol. The van der Waals surface area contributed by atoms with Crippen molar-refractivity contribution in [2.45, 2.75) is 18.8 Å². The molecule has 2 aliphatic heterocycles. The van der Waals surface area contributed by atoms with Crippen molar-refractivity contribution in [3.63, 3.8) is 0 Å². The summed E-state index contributed by atoms with van der Waals surface area (Å²) in [5, 5.41) is 1.48. The molecule has 1 spiro atoms. The lowest BCUT2D eigenvalue weighted by atomic mass is 10.2. The van der Waals surface area contributed by atoms with Gasteiger partial charge in [-0.3, -0.25) is 4.90 Å². The lowest BCUT2D eigenvalue weighted by molar-refractivity contribution is -0.145. The van der Waals surface area contributed by atoms with Crippen LogP contribution in [0.3, 0.4) is 0 Å². The van der Waals surface area contributed by atoms with Crippen LogP contribution in [0.15, 0.2) is 18.2 Å². The molecule has 3 rings (SSSR count). The second-order valence-electron chi connectivity index (χ2n) is 4.80. The van der Waals surface area contributed by atoms with E-state index in [0.29, 0.717) is 13.2 Å². The van der Waals surface area contributed by atoms with Gasteiger partial charge in [0.1, 0.15) is 0 Å². The van der Waals surface area contributed by atoms with Crippen LogP contribution in [0.25, 0.3) is 0 Å². The van der Waals surface area contributed by atoms with Crippen molar-refractivity contribution in [3.05, 3.63) is 33.8 Å². The minimum Gasteiger partial charge on any atom is -0.346 e. The van der Waals surface area contributed by atoms with Gasteiger partial charge in [-0.2, -0.15) is 0 Å². The lowest BCUT2D eigenvalue weighted by Gasteiger charge is -2.22.